The van der Waals surface area contributed by atoms with Crippen LogP contribution < -0.4 is 10.2 Å². The van der Waals surface area contributed by atoms with Crippen LogP contribution in [0.3, 0.4) is 0 Å². The molecule has 1 amide bonds. The number of aromatic nitrogens is 1. The second kappa shape index (κ2) is 7.98. The fourth-order valence-electron chi connectivity index (χ4n) is 2.15. The van der Waals surface area contributed by atoms with Crippen molar-refractivity contribution >= 4 is 11.6 Å². The van der Waals surface area contributed by atoms with Gasteiger partial charge in [0, 0.05) is 19.6 Å². The van der Waals surface area contributed by atoms with Crippen LogP contribution in [0.4, 0.5) is 5.69 Å². The predicted octanol–water partition coefficient (Wildman–Crippen LogP) is 3.02. The lowest BCUT2D eigenvalue weighted by molar-refractivity contribution is 0.0953. The van der Waals surface area contributed by atoms with Crippen molar-refractivity contribution in [1.29, 1.82) is 0 Å². The summed E-state index contributed by atoms with van der Waals surface area (Å²) in [6, 6.07) is 14.0. The van der Waals surface area contributed by atoms with Gasteiger partial charge >= 0.3 is 0 Å². The van der Waals surface area contributed by atoms with E-state index in [1.165, 1.54) is 5.56 Å². The molecule has 0 atom stereocenters. The number of carbonyl (C=O) groups excluding carboxylic acids is 1. The fraction of sp³-hybridized carbons (Fsp3) is 0.222. The molecule has 0 aliphatic carbocycles. The Labute approximate surface area is 131 Å². The molecule has 0 spiro atoms. The first kappa shape index (κ1) is 15.8. The third-order valence-electron chi connectivity index (χ3n) is 3.35. The number of nitrogens with one attached hydrogen (secondary N) is 1. The Morgan fingerprint density at radius 2 is 2.05 bits per heavy atom. The molecule has 0 fully saturated rings. The van der Waals surface area contributed by atoms with Crippen molar-refractivity contribution in [3.8, 4) is 0 Å². The molecule has 0 radical (unpaired) electrons. The molecule has 1 N–H and O–H groups in total. The summed E-state index contributed by atoms with van der Waals surface area (Å²) in [6.07, 6.45) is 3.39. The van der Waals surface area contributed by atoms with Crippen LogP contribution in [-0.4, -0.2) is 24.0 Å². The van der Waals surface area contributed by atoms with Gasteiger partial charge in [0.15, 0.2) is 0 Å². The first-order valence-corrected chi connectivity index (χ1v) is 7.38. The van der Waals surface area contributed by atoms with Crippen molar-refractivity contribution < 1.29 is 4.79 Å². The minimum absolute atomic E-state index is 0.183. The van der Waals surface area contributed by atoms with Crippen LogP contribution in [0.25, 0.3) is 0 Å². The highest BCUT2D eigenvalue weighted by Gasteiger charge is 2.09. The SMILES string of the molecule is C=CCNC(=O)c1ccc(N(CC)Cc2ccccc2)cn1. The van der Waals surface area contributed by atoms with Gasteiger partial charge in [-0.15, -0.1) is 6.58 Å². The van der Waals surface area contributed by atoms with Gasteiger partial charge in [0.2, 0.25) is 0 Å². The minimum Gasteiger partial charge on any atom is -0.366 e. The quantitative estimate of drug-likeness (QED) is 0.799. The molecule has 0 aliphatic rings. The first-order valence-electron chi connectivity index (χ1n) is 7.38. The number of nitrogens with zero attached hydrogens (tertiary/aromatic N) is 2. The molecular formula is C18H21N3O. The van der Waals surface area contributed by atoms with Gasteiger partial charge in [0.05, 0.1) is 11.9 Å². The maximum atomic E-state index is 11.8. The zero-order valence-electron chi connectivity index (χ0n) is 12.8. The average molecular weight is 295 g/mol. The van der Waals surface area contributed by atoms with Crippen LogP contribution in [0.2, 0.25) is 0 Å². The van der Waals surface area contributed by atoms with Crippen LogP contribution in [0.1, 0.15) is 23.0 Å². The number of carbonyl (C=O) groups is 1. The summed E-state index contributed by atoms with van der Waals surface area (Å²) in [4.78, 5) is 18.3. The lowest BCUT2D eigenvalue weighted by Crippen LogP contribution is -2.25. The largest absolute Gasteiger partial charge is 0.366 e. The number of rotatable bonds is 7. The van der Waals surface area contributed by atoms with Gasteiger partial charge in [0.25, 0.3) is 5.91 Å². The summed E-state index contributed by atoms with van der Waals surface area (Å²) >= 11 is 0. The Balaban J connectivity index is 2.07. The molecular weight excluding hydrogens is 274 g/mol. The van der Waals surface area contributed by atoms with Gasteiger partial charge in [0.1, 0.15) is 5.69 Å². The van der Waals surface area contributed by atoms with E-state index >= 15 is 0 Å². The molecule has 22 heavy (non-hydrogen) atoms. The Morgan fingerprint density at radius 3 is 2.64 bits per heavy atom. The van der Waals surface area contributed by atoms with Gasteiger partial charge in [-0.25, -0.2) is 4.98 Å². The summed E-state index contributed by atoms with van der Waals surface area (Å²) in [5, 5.41) is 2.72. The maximum absolute atomic E-state index is 11.8. The van der Waals surface area contributed by atoms with E-state index in [4.69, 9.17) is 0 Å². The standard InChI is InChI=1S/C18H21N3O/c1-3-12-19-18(22)17-11-10-16(13-20-17)21(4-2)14-15-8-6-5-7-9-15/h3,5-11,13H,1,4,12,14H2,2H3,(H,19,22). The number of hydrogen-bond donors (Lipinski definition) is 1. The van der Waals surface area contributed by atoms with Crippen LogP contribution in [0.15, 0.2) is 61.3 Å². The van der Waals surface area contributed by atoms with E-state index < -0.39 is 0 Å². The highest BCUT2D eigenvalue weighted by atomic mass is 16.1. The molecule has 0 unspecified atom stereocenters. The van der Waals surface area contributed by atoms with Gasteiger partial charge in [-0.05, 0) is 24.6 Å². The zero-order valence-corrected chi connectivity index (χ0v) is 12.8. The van der Waals surface area contributed by atoms with Crippen LogP contribution >= 0.6 is 0 Å². The summed E-state index contributed by atoms with van der Waals surface area (Å²) in [5.74, 6) is -0.183. The summed E-state index contributed by atoms with van der Waals surface area (Å²) in [7, 11) is 0. The van der Waals surface area contributed by atoms with Crippen molar-refractivity contribution in [1.82, 2.24) is 10.3 Å². The number of hydrogen-bond acceptors (Lipinski definition) is 3. The molecule has 0 aliphatic heterocycles. The Kier molecular flexibility index (Phi) is 5.72. The van der Waals surface area contributed by atoms with Crippen molar-refractivity contribution in [2.75, 3.05) is 18.0 Å². The van der Waals surface area contributed by atoms with E-state index in [2.05, 4.69) is 40.8 Å². The average Bonchev–Trinajstić information content (AvgIpc) is 2.58. The molecule has 0 bridgehead atoms. The molecule has 114 valence electrons. The van der Waals surface area contributed by atoms with Crippen LogP contribution in [0, 0.1) is 0 Å². The third-order valence-corrected chi connectivity index (χ3v) is 3.35. The first-order chi connectivity index (χ1) is 10.7. The molecule has 1 aromatic carbocycles. The number of amides is 1. The Bertz CT molecular complexity index is 608. The lowest BCUT2D eigenvalue weighted by atomic mass is 10.2. The van der Waals surface area contributed by atoms with E-state index in [0.29, 0.717) is 12.2 Å². The molecule has 1 heterocycles. The van der Waals surface area contributed by atoms with Crippen molar-refractivity contribution in [2.24, 2.45) is 0 Å². The van der Waals surface area contributed by atoms with Crippen molar-refractivity contribution in [3.05, 3.63) is 72.6 Å². The molecule has 4 heteroatoms. The lowest BCUT2D eigenvalue weighted by Gasteiger charge is -2.23. The summed E-state index contributed by atoms with van der Waals surface area (Å²) < 4.78 is 0. The smallest absolute Gasteiger partial charge is 0.270 e. The third kappa shape index (κ3) is 4.19. The molecule has 2 aromatic rings. The van der Waals surface area contributed by atoms with E-state index in [9.17, 15) is 4.79 Å². The van der Waals surface area contributed by atoms with Crippen LogP contribution in [0.5, 0.6) is 0 Å². The molecule has 4 nitrogen and oxygen atoms in total. The predicted molar refractivity (Wildman–Crippen MR) is 89.9 cm³/mol. The van der Waals surface area contributed by atoms with Crippen molar-refractivity contribution in [2.45, 2.75) is 13.5 Å². The number of benzene rings is 1. The second-order valence-corrected chi connectivity index (χ2v) is 4.90. The van der Waals surface area contributed by atoms with E-state index in [-0.39, 0.29) is 5.91 Å². The van der Waals surface area contributed by atoms with Crippen LogP contribution in [-0.2, 0) is 6.54 Å². The van der Waals surface area contributed by atoms with Gasteiger partial charge in [-0.3, -0.25) is 4.79 Å². The highest BCUT2D eigenvalue weighted by molar-refractivity contribution is 5.92. The second-order valence-electron chi connectivity index (χ2n) is 4.90. The van der Waals surface area contributed by atoms with Crippen molar-refractivity contribution in [3.63, 3.8) is 0 Å². The van der Waals surface area contributed by atoms with E-state index in [0.717, 1.165) is 18.8 Å². The Hall–Kier alpha value is -2.62. The monoisotopic (exact) mass is 295 g/mol. The molecule has 0 saturated carbocycles. The molecule has 1 aromatic heterocycles. The molecule has 0 saturated heterocycles. The maximum Gasteiger partial charge on any atom is 0.270 e. The summed E-state index contributed by atoms with van der Waals surface area (Å²) in [5.41, 5.74) is 2.67. The van der Waals surface area contributed by atoms with Gasteiger partial charge in [-0.2, -0.15) is 0 Å². The zero-order chi connectivity index (χ0) is 15.8. The van der Waals surface area contributed by atoms with E-state index in [1.807, 2.05) is 24.3 Å². The van der Waals surface area contributed by atoms with Gasteiger partial charge in [-0.1, -0.05) is 36.4 Å². The Morgan fingerprint density at radius 1 is 1.27 bits per heavy atom. The summed E-state index contributed by atoms with van der Waals surface area (Å²) in [6.45, 7) is 7.81. The van der Waals surface area contributed by atoms with E-state index in [1.54, 1.807) is 18.3 Å². The van der Waals surface area contributed by atoms with Gasteiger partial charge < -0.3 is 10.2 Å². The number of anilines is 1. The topological polar surface area (TPSA) is 45.2 Å². The highest BCUT2D eigenvalue weighted by Crippen LogP contribution is 2.16. The fourth-order valence-corrected chi connectivity index (χ4v) is 2.15. The number of pyridine rings is 1. The minimum atomic E-state index is -0.183. The molecule has 2 rings (SSSR count). The normalized spacial score (nSPS) is 10.0.